The van der Waals surface area contributed by atoms with Crippen molar-refractivity contribution in [2.45, 2.75) is 19.8 Å². The Hall–Kier alpha value is -1.10. The average Bonchev–Trinajstić information content (AvgIpc) is 2.28. The number of amides is 1. The number of carbonyl (C=O) groups is 2. The third kappa shape index (κ3) is 3.20. The summed E-state index contributed by atoms with van der Waals surface area (Å²) in [4.78, 5) is 24.1. The Morgan fingerprint density at radius 2 is 2.27 bits per heavy atom. The van der Waals surface area contributed by atoms with Gasteiger partial charge in [-0.3, -0.25) is 4.79 Å². The van der Waals surface area contributed by atoms with E-state index in [1.807, 2.05) is 0 Å². The van der Waals surface area contributed by atoms with E-state index < -0.39 is 11.9 Å². The van der Waals surface area contributed by atoms with Crippen molar-refractivity contribution in [3.8, 4) is 0 Å². The number of ether oxygens (including phenoxy) is 1. The summed E-state index contributed by atoms with van der Waals surface area (Å²) in [6, 6.07) is 0. The fourth-order valence-electron chi connectivity index (χ4n) is 1.72. The van der Waals surface area contributed by atoms with Gasteiger partial charge in [0.15, 0.2) is 0 Å². The Morgan fingerprint density at radius 3 is 2.87 bits per heavy atom. The van der Waals surface area contributed by atoms with Crippen LogP contribution in [0, 0.1) is 5.92 Å². The highest BCUT2D eigenvalue weighted by molar-refractivity contribution is 6.32. The summed E-state index contributed by atoms with van der Waals surface area (Å²) < 4.78 is 4.63. The van der Waals surface area contributed by atoms with E-state index in [-0.39, 0.29) is 19.1 Å². The summed E-state index contributed by atoms with van der Waals surface area (Å²) in [5, 5.41) is 8.98. The second kappa shape index (κ2) is 5.70. The fourth-order valence-corrected chi connectivity index (χ4v) is 1.72. The molecule has 1 unspecified atom stereocenters. The smallest absolute Gasteiger partial charge is 0.397 e. The van der Waals surface area contributed by atoms with Crippen LogP contribution in [-0.4, -0.2) is 48.2 Å². The van der Waals surface area contributed by atoms with Crippen molar-refractivity contribution in [2.75, 3.05) is 26.3 Å². The highest BCUT2D eigenvalue weighted by atomic mass is 16.5. The Kier molecular flexibility index (Phi) is 4.55. The van der Waals surface area contributed by atoms with Crippen LogP contribution >= 0.6 is 0 Å². The molecule has 1 aliphatic rings. The number of carbonyl (C=O) groups excluding carboxylic acids is 2. The molecule has 0 radical (unpaired) electrons. The normalized spacial score (nSPS) is 21.2. The average molecular weight is 215 g/mol. The second-order valence-electron chi connectivity index (χ2n) is 3.66. The standard InChI is InChI=1S/C10H17NO4/c1-2-15-10(14)9(13)11-5-3-4-8(6-11)7-12/h8,12H,2-7H2,1H3. The molecule has 0 aromatic rings. The molecule has 0 aromatic carbocycles. The maximum atomic E-state index is 11.5. The number of esters is 1. The lowest BCUT2D eigenvalue weighted by molar-refractivity contribution is -0.160. The first-order valence-electron chi connectivity index (χ1n) is 5.26. The van der Waals surface area contributed by atoms with E-state index in [0.29, 0.717) is 13.1 Å². The van der Waals surface area contributed by atoms with Gasteiger partial charge in [-0.1, -0.05) is 0 Å². The van der Waals surface area contributed by atoms with Gasteiger partial charge in [-0.2, -0.15) is 0 Å². The van der Waals surface area contributed by atoms with Crippen LogP contribution in [0.2, 0.25) is 0 Å². The zero-order valence-corrected chi connectivity index (χ0v) is 8.94. The van der Waals surface area contributed by atoms with Gasteiger partial charge in [-0.15, -0.1) is 0 Å². The van der Waals surface area contributed by atoms with Crippen LogP contribution in [-0.2, 0) is 14.3 Å². The number of aliphatic hydroxyl groups excluding tert-OH is 1. The molecule has 1 aliphatic heterocycles. The first-order valence-corrected chi connectivity index (χ1v) is 5.26. The molecule has 86 valence electrons. The number of aliphatic hydroxyl groups is 1. The summed E-state index contributed by atoms with van der Waals surface area (Å²) >= 11 is 0. The molecule has 0 aromatic heterocycles. The molecule has 0 saturated carbocycles. The lowest BCUT2D eigenvalue weighted by atomic mass is 9.99. The SMILES string of the molecule is CCOC(=O)C(=O)N1CCCC(CO)C1. The van der Waals surface area contributed by atoms with E-state index in [9.17, 15) is 9.59 Å². The molecular formula is C10H17NO4. The van der Waals surface area contributed by atoms with Crippen molar-refractivity contribution < 1.29 is 19.4 Å². The first-order chi connectivity index (χ1) is 7.19. The van der Waals surface area contributed by atoms with Crippen molar-refractivity contribution >= 4 is 11.9 Å². The Labute approximate surface area is 89.0 Å². The largest absolute Gasteiger partial charge is 0.459 e. The predicted octanol–water partition coefficient (Wildman–Crippen LogP) is -0.220. The highest BCUT2D eigenvalue weighted by Crippen LogP contribution is 2.15. The number of likely N-dealkylation sites (tertiary alicyclic amines) is 1. The van der Waals surface area contributed by atoms with Gasteiger partial charge in [0.1, 0.15) is 0 Å². The highest BCUT2D eigenvalue weighted by Gasteiger charge is 2.28. The summed E-state index contributed by atoms with van der Waals surface area (Å²) in [6.07, 6.45) is 1.74. The van der Waals surface area contributed by atoms with Crippen LogP contribution in [0.15, 0.2) is 0 Å². The van der Waals surface area contributed by atoms with Gasteiger partial charge < -0.3 is 14.7 Å². The van der Waals surface area contributed by atoms with Gasteiger partial charge in [-0.25, -0.2) is 4.79 Å². The molecule has 1 amide bonds. The minimum absolute atomic E-state index is 0.0621. The van der Waals surface area contributed by atoms with E-state index >= 15 is 0 Å². The van der Waals surface area contributed by atoms with Gasteiger partial charge in [0.05, 0.1) is 6.61 Å². The number of rotatable bonds is 2. The topological polar surface area (TPSA) is 66.8 Å². The predicted molar refractivity (Wildman–Crippen MR) is 53.0 cm³/mol. The van der Waals surface area contributed by atoms with Crippen LogP contribution in [0.3, 0.4) is 0 Å². The number of nitrogens with zero attached hydrogens (tertiary/aromatic N) is 1. The second-order valence-corrected chi connectivity index (χ2v) is 3.66. The van der Waals surface area contributed by atoms with Crippen LogP contribution in [0.1, 0.15) is 19.8 Å². The van der Waals surface area contributed by atoms with Crippen LogP contribution < -0.4 is 0 Å². The molecule has 15 heavy (non-hydrogen) atoms. The molecule has 1 N–H and O–H groups in total. The van der Waals surface area contributed by atoms with Gasteiger partial charge in [0, 0.05) is 19.7 Å². The van der Waals surface area contributed by atoms with Crippen LogP contribution in [0.5, 0.6) is 0 Å². The van der Waals surface area contributed by atoms with E-state index in [0.717, 1.165) is 12.8 Å². The Morgan fingerprint density at radius 1 is 1.53 bits per heavy atom. The molecule has 1 heterocycles. The molecule has 0 bridgehead atoms. The molecule has 0 spiro atoms. The molecule has 1 rings (SSSR count). The van der Waals surface area contributed by atoms with E-state index in [1.165, 1.54) is 4.90 Å². The molecule has 1 atom stereocenters. The van der Waals surface area contributed by atoms with Crippen LogP contribution in [0.4, 0.5) is 0 Å². The van der Waals surface area contributed by atoms with Crippen LogP contribution in [0.25, 0.3) is 0 Å². The van der Waals surface area contributed by atoms with Crippen molar-refractivity contribution in [1.82, 2.24) is 4.90 Å². The third-order valence-electron chi connectivity index (χ3n) is 2.51. The van der Waals surface area contributed by atoms with Gasteiger partial charge in [0.2, 0.25) is 0 Å². The van der Waals surface area contributed by atoms with Gasteiger partial charge in [-0.05, 0) is 25.7 Å². The van der Waals surface area contributed by atoms with Crippen molar-refractivity contribution in [3.63, 3.8) is 0 Å². The number of piperidine rings is 1. The Bertz CT molecular complexity index is 242. The number of hydrogen-bond acceptors (Lipinski definition) is 4. The van der Waals surface area contributed by atoms with Crippen molar-refractivity contribution in [2.24, 2.45) is 5.92 Å². The molecule has 5 nitrogen and oxygen atoms in total. The summed E-state index contributed by atoms with van der Waals surface area (Å²) in [7, 11) is 0. The lowest BCUT2D eigenvalue weighted by Crippen LogP contribution is -2.44. The molecule has 1 fully saturated rings. The van der Waals surface area contributed by atoms with Crippen molar-refractivity contribution in [3.05, 3.63) is 0 Å². The molecule has 5 heteroatoms. The third-order valence-corrected chi connectivity index (χ3v) is 2.51. The summed E-state index contributed by atoms with van der Waals surface area (Å²) in [5.41, 5.74) is 0. The van der Waals surface area contributed by atoms with Gasteiger partial charge in [0.25, 0.3) is 0 Å². The zero-order valence-electron chi connectivity index (χ0n) is 8.94. The first kappa shape index (κ1) is 12.0. The van der Waals surface area contributed by atoms with Crippen molar-refractivity contribution in [1.29, 1.82) is 0 Å². The quantitative estimate of drug-likeness (QED) is 0.511. The van der Waals surface area contributed by atoms with E-state index in [2.05, 4.69) is 4.74 Å². The molecule has 1 saturated heterocycles. The zero-order chi connectivity index (χ0) is 11.3. The van der Waals surface area contributed by atoms with Gasteiger partial charge >= 0.3 is 11.9 Å². The maximum Gasteiger partial charge on any atom is 0.397 e. The lowest BCUT2D eigenvalue weighted by Gasteiger charge is -2.30. The monoisotopic (exact) mass is 215 g/mol. The Balaban J connectivity index is 2.48. The molecular weight excluding hydrogens is 198 g/mol. The summed E-state index contributed by atoms with van der Waals surface area (Å²) in [5.74, 6) is -1.29. The summed E-state index contributed by atoms with van der Waals surface area (Å²) in [6.45, 7) is 2.97. The maximum absolute atomic E-state index is 11.5. The minimum atomic E-state index is -0.795. The van der Waals surface area contributed by atoms with E-state index in [1.54, 1.807) is 6.92 Å². The number of hydrogen-bond donors (Lipinski definition) is 1. The van der Waals surface area contributed by atoms with E-state index in [4.69, 9.17) is 5.11 Å². The molecule has 0 aliphatic carbocycles. The fraction of sp³-hybridized carbons (Fsp3) is 0.800. The minimum Gasteiger partial charge on any atom is -0.459 e.